The summed E-state index contributed by atoms with van der Waals surface area (Å²) in [5.74, 6) is 0.123. The lowest BCUT2D eigenvalue weighted by atomic mass is 10.0. The van der Waals surface area contributed by atoms with Crippen molar-refractivity contribution in [3.8, 4) is 0 Å². The van der Waals surface area contributed by atoms with E-state index >= 15 is 0 Å². The van der Waals surface area contributed by atoms with Crippen molar-refractivity contribution in [2.24, 2.45) is 5.73 Å². The number of hydrogen-bond acceptors (Lipinski definition) is 3. The largest absolute Gasteiger partial charge is 0.354 e. The molecule has 1 rings (SSSR count). The summed E-state index contributed by atoms with van der Waals surface area (Å²) < 4.78 is 0. The maximum atomic E-state index is 11.5. The predicted octanol–water partition coefficient (Wildman–Crippen LogP) is 0.716. The van der Waals surface area contributed by atoms with E-state index in [9.17, 15) is 4.79 Å². The molecule has 1 fully saturated rings. The lowest BCUT2D eigenvalue weighted by molar-refractivity contribution is -0.121. The zero-order chi connectivity index (χ0) is 12.0. The third kappa shape index (κ3) is 4.10. The highest BCUT2D eigenvalue weighted by molar-refractivity contribution is 5.75. The van der Waals surface area contributed by atoms with Gasteiger partial charge in [0.1, 0.15) is 0 Å². The van der Waals surface area contributed by atoms with E-state index in [1.807, 2.05) is 0 Å². The molecule has 0 aliphatic carbocycles. The van der Waals surface area contributed by atoms with Crippen LogP contribution in [0.5, 0.6) is 0 Å². The standard InChI is InChI=1S/C12H25N3O/c1-12(2,15-8-3-4-9-15)10-14-11(16)6-5-7-13/h3-10,13H2,1-2H3,(H,14,16). The van der Waals surface area contributed by atoms with E-state index in [0.29, 0.717) is 13.0 Å². The Morgan fingerprint density at radius 1 is 1.38 bits per heavy atom. The number of hydrogen-bond donors (Lipinski definition) is 2. The first-order valence-corrected chi connectivity index (χ1v) is 6.28. The van der Waals surface area contributed by atoms with Crippen molar-refractivity contribution in [3.63, 3.8) is 0 Å². The van der Waals surface area contributed by atoms with Crippen molar-refractivity contribution >= 4 is 5.91 Å². The maximum Gasteiger partial charge on any atom is 0.220 e. The first kappa shape index (κ1) is 13.5. The Labute approximate surface area is 98.6 Å². The average Bonchev–Trinajstić information content (AvgIpc) is 2.77. The van der Waals surface area contributed by atoms with Gasteiger partial charge in [-0.25, -0.2) is 0 Å². The van der Waals surface area contributed by atoms with Crippen molar-refractivity contribution < 1.29 is 4.79 Å². The second kappa shape index (κ2) is 6.21. The summed E-state index contributed by atoms with van der Waals surface area (Å²) in [6, 6.07) is 0. The Kier molecular flexibility index (Phi) is 5.22. The van der Waals surface area contributed by atoms with Crippen LogP contribution in [0.15, 0.2) is 0 Å². The molecule has 0 bridgehead atoms. The van der Waals surface area contributed by atoms with Crippen molar-refractivity contribution in [1.82, 2.24) is 10.2 Å². The van der Waals surface area contributed by atoms with Gasteiger partial charge in [-0.2, -0.15) is 0 Å². The zero-order valence-electron chi connectivity index (χ0n) is 10.6. The monoisotopic (exact) mass is 227 g/mol. The van der Waals surface area contributed by atoms with E-state index in [4.69, 9.17) is 5.73 Å². The normalized spacial score (nSPS) is 17.7. The average molecular weight is 227 g/mol. The molecule has 0 saturated carbocycles. The molecule has 0 aromatic heterocycles. The van der Waals surface area contributed by atoms with E-state index in [0.717, 1.165) is 26.1 Å². The van der Waals surface area contributed by atoms with Crippen molar-refractivity contribution in [1.29, 1.82) is 0 Å². The fraction of sp³-hybridized carbons (Fsp3) is 0.917. The second-order valence-corrected chi connectivity index (χ2v) is 5.18. The van der Waals surface area contributed by atoms with Crippen LogP contribution in [0.2, 0.25) is 0 Å². The number of rotatable bonds is 6. The minimum atomic E-state index is 0.0782. The number of carbonyl (C=O) groups excluding carboxylic acids is 1. The topological polar surface area (TPSA) is 58.4 Å². The maximum absolute atomic E-state index is 11.5. The highest BCUT2D eigenvalue weighted by Crippen LogP contribution is 2.19. The fourth-order valence-corrected chi connectivity index (χ4v) is 2.10. The van der Waals surface area contributed by atoms with Crippen LogP contribution in [-0.4, -0.2) is 42.5 Å². The van der Waals surface area contributed by atoms with E-state index < -0.39 is 0 Å². The molecular weight excluding hydrogens is 202 g/mol. The Hall–Kier alpha value is -0.610. The van der Waals surface area contributed by atoms with Gasteiger partial charge in [-0.3, -0.25) is 9.69 Å². The number of likely N-dealkylation sites (tertiary alicyclic amines) is 1. The van der Waals surface area contributed by atoms with Gasteiger partial charge in [0.15, 0.2) is 0 Å². The molecule has 16 heavy (non-hydrogen) atoms. The molecule has 0 spiro atoms. The van der Waals surface area contributed by atoms with Crippen LogP contribution in [0.25, 0.3) is 0 Å². The van der Waals surface area contributed by atoms with Crippen molar-refractivity contribution in [2.75, 3.05) is 26.2 Å². The summed E-state index contributed by atoms with van der Waals surface area (Å²) in [7, 11) is 0. The van der Waals surface area contributed by atoms with Gasteiger partial charge in [-0.05, 0) is 52.7 Å². The summed E-state index contributed by atoms with van der Waals surface area (Å²) in [5, 5.41) is 3.00. The summed E-state index contributed by atoms with van der Waals surface area (Å²) in [5.41, 5.74) is 5.45. The van der Waals surface area contributed by atoms with Gasteiger partial charge in [0.05, 0.1) is 0 Å². The molecule has 4 nitrogen and oxygen atoms in total. The Morgan fingerprint density at radius 3 is 2.56 bits per heavy atom. The molecule has 1 heterocycles. The Balaban J connectivity index is 2.26. The van der Waals surface area contributed by atoms with Gasteiger partial charge in [-0.15, -0.1) is 0 Å². The molecule has 1 aliphatic heterocycles. The van der Waals surface area contributed by atoms with Crippen LogP contribution in [0.1, 0.15) is 39.5 Å². The number of nitrogens with two attached hydrogens (primary N) is 1. The third-order valence-corrected chi connectivity index (χ3v) is 3.29. The molecule has 4 heteroatoms. The van der Waals surface area contributed by atoms with Crippen LogP contribution < -0.4 is 11.1 Å². The Morgan fingerprint density at radius 2 is 2.00 bits per heavy atom. The van der Waals surface area contributed by atoms with Crippen LogP contribution in [0.3, 0.4) is 0 Å². The number of carbonyl (C=O) groups is 1. The first-order valence-electron chi connectivity index (χ1n) is 6.28. The summed E-state index contributed by atoms with van der Waals surface area (Å²) in [6.45, 7) is 8.03. The molecule has 0 radical (unpaired) electrons. The van der Waals surface area contributed by atoms with Gasteiger partial charge in [-0.1, -0.05) is 0 Å². The number of amides is 1. The van der Waals surface area contributed by atoms with Crippen LogP contribution in [-0.2, 0) is 4.79 Å². The molecule has 0 unspecified atom stereocenters. The smallest absolute Gasteiger partial charge is 0.220 e. The summed E-state index contributed by atoms with van der Waals surface area (Å²) in [4.78, 5) is 13.9. The molecule has 1 amide bonds. The van der Waals surface area contributed by atoms with Gasteiger partial charge in [0.2, 0.25) is 5.91 Å². The molecule has 0 aromatic rings. The quantitative estimate of drug-likeness (QED) is 0.703. The van der Waals surface area contributed by atoms with Gasteiger partial charge < -0.3 is 11.1 Å². The van der Waals surface area contributed by atoms with Gasteiger partial charge in [0.25, 0.3) is 0 Å². The lowest BCUT2D eigenvalue weighted by Crippen LogP contribution is -2.50. The van der Waals surface area contributed by atoms with Gasteiger partial charge in [0, 0.05) is 18.5 Å². The highest BCUT2D eigenvalue weighted by atomic mass is 16.1. The SMILES string of the molecule is CC(C)(CNC(=O)CCCN)N1CCCC1. The fourth-order valence-electron chi connectivity index (χ4n) is 2.10. The molecule has 0 atom stereocenters. The molecule has 1 aliphatic rings. The summed E-state index contributed by atoms with van der Waals surface area (Å²) >= 11 is 0. The zero-order valence-corrected chi connectivity index (χ0v) is 10.6. The second-order valence-electron chi connectivity index (χ2n) is 5.18. The van der Waals surface area contributed by atoms with Crippen LogP contribution in [0, 0.1) is 0 Å². The van der Waals surface area contributed by atoms with E-state index in [1.54, 1.807) is 0 Å². The van der Waals surface area contributed by atoms with Crippen molar-refractivity contribution in [3.05, 3.63) is 0 Å². The number of nitrogens with one attached hydrogen (secondary N) is 1. The van der Waals surface area contributed by atoms with E-state index in [-0.39, 0.29) is 11.4 Å². The molecule has 0 aromatic carbocycles. The first-order chi connectivity index (χ1) is 7.56. The summed E-state index contributed by atoms with van der Waals surface area (Å²) in [6.07, 6.45) is 3.89. The number of nitrogens with zero attached hydrogens (tertiary/aromatic N) is 1. The third-order valence-electron chi connectivity index (χ3n) is 3.29. The molecular formula is C12H25N3O. The molecule has 1 saturated heterocycles. The van der Waals surface area contributed by atoms with Crippen LogP contribution >= 0.6 is 0 Å². The van der Waals surface area contributed by atoms with Gasteiger partial charge >= 0.3 is 0 Å². The minimum absolute atomic E-state index is 0.0782. The van der Waals surface area contributed by atoms with E-state index in [1.165, 1.54) is 12.8 Å². The van der Waals surface area contributed by atoms with E-state index in [2.05, 4.69) is 24.1 Å². The minimum Gasteiger partial charge on any atom is -0.354 e. The molecule has 3 N–H and O–H groups in total. The lowest BCUT2D eigenvalue weighted by Gasteiger charge is -2.35. The highest BCUT2D eigenvalue weighted by Gasteiger charge is 2.28. The Bertz CT molecular complexity index is 222. The predicted molar refractivity (Wildman–Crippen MR) is 66.2 cm³/mol. The van der Waals surface area contributed by atoms with Crippen LogP contribution in [0.4, 0.5) is 0 Å². The van der Waals surface area contributed by atoms with Crippen molar-refractivity contribution in [2.45, 2.75) is 45.1 Å². The molecule has 94 valence electrons.